The van der Waals surface area contributed by atoms with E-state index in [1.165, 1.54) is 44.9 Å². The molecule has 3 nitrogen and oxygen atoms in total. The van der Waals surface area contributed by atoms with Crippen LogP contribution in [0.15, 0.2) is 0 Å². The maximum Gasteiger partial charge on any atom is 0.508 e. The van der Waals surface area contributed by atoms with E-state index < -0.39 is 6.16 Å². The summed E-state index contributed by atoms with van der Waals surface area (Å²) in [5, 5.41) is 0. The fraction of sp³-hybridized carbons (Fsp3) is 0.917. The van der Waals surface area contributed by atoms with Crippen molar-refractivity contribution in [1.29, 1.82) is 0 Å². The molecule has 0 heterocycles. The Balaban J connectivity index is 1.53. The third-order valence-electron chi connectivity index (χ3n) is 3.30. The molecule has 0 N–H and O–H groups in total. The van der Waals surface area contributed by atoms with Gasteiger partial charge in [-0.3, -0.25) is 0 Å². The second kappa shape index (κ2) is 5.38. The first kappa shape index (κ1) is 10.8. The van der Waals surface area contributed by atoms with E-state index in [2.05, 4.69) is 0 Å². The zero-order chi connectivity index (χ0) is 10.5. The summed E-state index contributed by atoms with van der Waals surface area (Å²) in [4.78, 5) is 11.2. The summed E-state index contributed by atoms with van der Waals surface area (Å²) >= 11 is 0. The molecule has 0 aromatic rings. The van der Waals surface area contributed by atoms with Gasteiger partial charge in [0.05, 0.1) is 13.2 Å². The van der Waals surface area contributed by atoms with Crippen LogP contribution in [0.2, 0.25) is 0 Å². The highest BCUT2D eigenvalue weighted by Gasteiger charge is 2.23. The highest BCUT2D eigenvalue weighted by atomic mass is 16.7. The Kier molecular flexibility index (Phi) is 3.87. The van der Waals surface area contributed by atoms with Crippen LogP contribution in [-0.4, -0.2) is 19.4 Å². The molecule has 0 spiro atoms. The van der Waals surface area contributed by atoms with Crippen LogP contribution < -0.4 is 0 Å². The summed E-state index contributed by atoms with van der Waals surface area (Å²) in [6.07, 6.45) is 8.25. The van der Waals surface area contributed by atoms with Crippen LogP contribution in [0.5, 0.6) is 0 Å². The molecule has 2 rings (SSSR count). The van der Waals surface area contributed by atoms with Crippen molar-refractivity contribution in [2.75, 3.05) is 13.2 Å². The molecular formula is C12H20O3. The molecule has 3 heteroatoms. The summed E-state index contributed by atoms with van der Waals surface area (Å²) in [6.45, 7) is 1.12. The largest absolute Gasteiger partial charge is 0.508 e. The van der Waals surface area contributed by atoms with Gasteiger partial charge in [-0.05, 0) is 37.5 Å². The monoisotopic (exact) mass is 212 g/mol. The van der Waals surface area contributed by atoms with E-state index in [4.69, 9.17) is 9.47 Å². The van der Waals surface area contributed by atoms with Gasteiger partial charge >= 0.3 is 6.16 Å². The van der Waals surface area contributed by atoms with Crippen LogP contribution in [0.25, 0.3) is 0 Å². The van der Waals surface area contributed by atoms with Crippen molar-refractivity contribution in [3.05, 3.63) is 0 Å². The van der Waals surface area contributed by atoms with E-state index >= 15 is 0 Å². The first-order valence-electron chi connectivity index (χ1n) is 6.14. The molecule has 15 heavy (non-hydrogen) atoms. The third-order valence-corrected chi connectivity index (χ3v) is 3.30. The Morgan fingerprint density at radius 1 is 0.867 bits per heavy atom. The van der Waals surface area contributed by atoms with Crippen molar-refractivity contribution in [2.24, 2.45) is 11.8 Å². The fourth-order valence-corrected chi connectivity index (χ4v) is 2.05. The van der Waals surface area contributed by atoms with E-state index in [0.29, 0.717) is 25.0 Å². The lowest BCUT2D eigenvalue weighted by molar-refractivity contribution is 0.0371. The first-order chi connectivity index (χ1) is 7.34. The van der Waals surface area contributed by atoms with Gasteiger partial charge in [-0.15, -0.1) is 0 Å². The van der Waals surface area contributed by atoms with Gasteiger partial charge in [-0.2, -0.15) is 0 Å². The van der Waals surface area contributed by atoms with Crippen molar-refractivity contribution in [3.63, 3.8) is 0 Å². The zero-order valence-electron chi connectivity index (χ0n) is 9.24. The molecule has 2 aliphatic rings. The molecule has 0 radical (unpaired) electrons. The Labute approximate surface area is 91.1 Å². The molecular weight excluding hydrogens is 192 g/mol. The second-order valence-electron chi connectivity index (χ2n) is 4.82. The number of ether oxygens (including phenoxy) is 2. The quantitative estimate of drug-likeness (QED) is 0.671. The number of hydrogen-bond acceptors (Lipinski definition) is 3. The van der Waals surface area contributed by atoms with Crippen molar-refractivity contribution in [2.45, 2.75) is 44.9 Å². The van der Waals surface area contributed by atoms with Gasteiger partial charge < -0.3 is 9.47 Å². The minimum atomic E-state index is -0.465. The number of hydrogen-bond donors (Lipinski definition) is 0. The van der Waals surface area contributed by atoms with Crippen LogP contribution in [-0.2, 0) is 9.47 Å². The summed E-state index contributed by atoms with van der Waals surface area (Å²) in [7, 11) is 0. The number of rotatable bonds is 4. The molecule has 2 aliphatic carbocycles. The molecule has 86 valence electrons. The van der Waals surface area contributed by atoms with Crippen LogP contribution in [0, 0.1) is 11.8 Å². The number of carbonyl (C=O) groups excluding carboxylic acids is 1. The van der Waals surface area contributed by atoms with Crippen molar-refractivity contribution < 1.29 is 14.3 Å². The average molecular weight is 212 g/mol. The highest BCUT2D eigenvalue weighted by Crippen LogP contribution is 2.29. The van der Waals surface area contributed by atoms with Gasteiger partial charge in [0.1, 0.15) is 0 Å². The molecule has 2 fully saturated rings. The molecule has 0 atom stereocenters. The summed E-state index contributed by atoms with van der Waals surface area (Å²) < 4.78 is 10.1. The second-order valence-corrected chi connectivity index (χ2v) is 4.82. The predicted molar refractivity (Wildman–Crippen MR) is 56.6 cm³/mol. The van der Waals surface area contributed by atoms with Crippen LogP contribution >= 0.6 is 0 Å². The van der Waals surface area contributed by atoms with Gasteiger partial charge in [-0.25, -0.2) is 4.79 Å². The fourth-order valence-electron chi connectivity index (χ4n) is 2.05. The smallest absolute Gasteiger partial charge is 0.434 e. The summed E-state index contributed by atoms with van der Waals surface area (Å²) in [5.41, 5.74) is 0. The Morgan fingerprint density at radius 3 is 1.93 bits per heavy atom. The zero-order valence-corrected chi connectivity index (χ0v) is 9.24. The SMILES string of the molecule is O=C(OCC1CCCCC1)OCC1CC1. The highest BCUT2D eigenvalue weighted by molar-refractivity contribution is 5.59. The number of carbonyl (C=O) groups is 1. The summed E-state index contributed by atoms with van der Waals surface area (Å²) in [5.74, 6) is 1.19. The maximum atomic E-state index is 11.2. The van der Waals surface area contributed by atoms with E-state index in [-0.39, 0.29) is 0 Å². The normalized spacial score (nSPS) is 22.4. The maximum absolute atomic E-state index is 11.2. The van der Waals surface area contributed by atoms with Gasteiger partial charge in [0.15, 0.2) is 0 Å². The Hall–Kier alpha value is -0.730. The molecule has 0 saturated heterocycles. The standard InChI is InChI=1S/C12H20O3/c13-12(15-9-11-6-7-11)14-8-10-4-2-1-3-5-10/h10-11H,1-9H2. The lowest BCUT2D eigenvalue weighted by atomic mass is 9.90. The Bertz CT molecular complexity index is 205. The van der Waals surface area contributed by atoms with Crippen molar-refractivity contribution in [1.82, 2.24) is 0 Å². The minimum absolute atomic E-state index is 0.465. The molecule has 0 aromatic heterocycles. The molecule has 0 bridgehead atoms. The van der Waals surface area contributed by atoms with E-state index in [1.807, 2.05) is 0 Å². The van der Waals surface area contributed by atoms with E-state index in [0.717, 1.165) is 0 Å². The van der Waals surface area contributed by atoms with Crippen LogP contribution in [0.4, 0.5) is 4.79 Å². The van der Waals surface area contributed by atoms with Crippen LogP contribution in [0.1, 0.15) is 44.9 Å². The molecule has 0 unspecified atom stereocenters. The minimum Gasteiger partial charge on any atom is -0.434 e. The molecule has 0 aromatic carbocycles. The first-order valence-corrected chi connectivity index (χ1v) is 6.14. The lowest BCUT2D eigenvalue weighted by Gasteiger charge is -2.20. The predicted octanol–water partition coefficient (Wildman–Crippen LogP) is 3.13. The molecule has 0 amide bonds. The lowest BCUT2D eigenvalue weighted by Crippen LogP contribution is -2.18. The van der Waals surface area contributed by atoms with Crippen molar-refractivity contribution >= 4 is 6.16 Å². The van der Waals surface area contributed by atoms with E-state index in [1.54, 1.807) is 0 Å². The molecule has 2 saturated carbocycles. The van der Waals surface area contributed by atoms with Gasteiger partial charge in [0, 0.05) is 0 Å². The van der Waals surface area contributed by atoms with Gasteiger partial charge in [-0.1, -0.05) is 19.3 Å². The summed E-state index contributed by atoms with van der Waals surface area (Å²) in [6, 6.07) is 0. The average Bonchev–Trinajstić information content (AvgIpc) is 3.09. The van der Waals surface area contributed by atoms with Crippen LogP contribution in [0.3, 0.4) is 0 Å². The topological polar surface area (TPSA) is 35.5 Å². The Morgan fingerprint density at radius 2 is 1.40 bits per heavy atom. The van der Waals surface area contributed by atoms with Gasteiger partial charge in [0.2, 0.25) is 0 Å². The van der Waals surface area contributed by atoms with Gasteiger partial charge in [0.25, 0.3) is 0 Å². The van der Waals surface area contributed by atoms with Crippen molar-refractivity contribution in [3.8, 4) is 0 Å². The third kappa shape index (κ3) is 4.10. The van der Waals surface area contributed by atoms with E-state index in [9.17, 15) is 4.79 Å². The molecule has 0 aliphatic heterocycles.